The number of carbonyl (C=O) groups is 1. The molecule has 1 amide bonds. The minimum Gasteiger partial charge on any atom is -0.339 e. The van der Waals surface area contributed by atoms with Gasteiger partial charge in [0.1, 0.15) is 5.65 Å². The summed E-state index contributed by atoms with van der Waals surface area (Å²) in [6.45, 7) is 1.40. The lowest BCUT2D eigenvalue weighted by Gasteiger charge is -2.27. The van der Waals surface area contributed by atoms with Crippen LogP contribution in [0.4, 0.5) is 5.69 Å². The highest BCUT2D eigenvalue weighted by atomic mass is 32.2. The maximum absolute atomic E-state index is 14.6. The summed E-state index contributed by atoms with van der Waals surface area (Å²) in [5, 5.41) is 10.8. The van der Waals surface area contributed by atoms with Crippen LogP contribution in [-0.4, -0.2) is 74.0 Å². The maximum atomic E-state index is 14.6. The van der Waals surface area contributed by atoms with Crippen LogP contribution in [0.15, 0.2) is 43.0 Å². The quantitative estimate of drug-likeness (QED) is 0.282. The molecule has 4 aromatic heterocycles. The predicted molar refractivity (Wildman–Crippen MR) is 174 cm³/mol. The molecule has 1 saturated carbocycles. The highest BCUT2D eigenvalue weighted by Gasteiger charge is 2.52. The van der Waals surface area contributed by atoms with Crippen LogP contribution in [0, 0.1) is 5.92 Å². The van der Waals surface area contributed by atoms with Crippen molar-refractivity contribution in [1.29, 1.82) is 0 Å². The minimum atomic E-state index is -3.52. The van der Waals surface area contributed by atoms with Gasteiger partial charge in [-0.05, 0) is 69.6 Å². The van der Waals surface area contributed by atoms with Gasteiger partial charge in [0.25, 0.3) is 0 Å². The van der Waals surface area contributed by atoms with E-state index in [0.29, 0.717) is 35.4 Å². The summed E-state index contributed by atoms with van der Waals surface area (Å²) < 4.78 is 56.5. The molecule has 45 heavy (non-hydrogen) atoms. The van der Waals surface area contributed by atoms with Gasteiger partial charge in [0.15, 0.2) is 0 Å². The number of aromatic amines is 1. The van der Waals surface area contributed by atoms with Gasteiger partial charge < -0.3 is 9.88 Å². The van der Waals surface area contributed by atoms with E-state index in [-0.39, 0.29) is 37.0 Å². The van der Waals surface area contributed by atoms with E-state index in [1.807, 2.05) is 36.3 Å². The van der Waals surface area contributed by atoms with E-state index in [2.05, 4.69) is 23.1 Å². The van der Waals surface area contributed by atoms with Crippen molar-refractivity contribution in [2.75, 3.05) is 30.7 Å². The van der Waals surface area contributed by atoms with Crippen molar-refractivity contribution in [3.63, 3.8) is 0 Å². The van der Waals surface area contributed by atoms with Crippen LogP contribution in [0.1, 0.15) is 61.7 Å². The van der Waals surface area contributed by atoms with Crippen molar-refractivity contribution in [1.82, 2.24) is 33.8 Å². The summed E-state index contributed by atoms with van der Waals surface area (Å²) in [7, 11) is -1.63. The number of aryl methyl sites for hydroxylation is 1. The molecule has 8 rings (SSSR count). The highest BCUT2D eigenvalue weighted by molar-refractivity contribution is 7.89. The summed E-state index contributed by atoms with van der Waals surface area (Å²) in [5.41, 5.74) is 4.31. The first kappa shape index (κ1) is 25.2. The van der Waals surface area contributed by atoms with Crippen molar-refractivity contribution < 1.29 is 17.3 Å². The highest BCUT2D eigenvalue weighted by Crippen LogP contribution is 2.53. The third kappa shape index (κ3) is 4.21. The second-order valence-electron chi connectivity index (χ2n) is 12.8. The number of sulfonamides is 1. The monoisotopic (exact) mass is 629 g/mol. The van der Waals surface area contributed by atoms with Crippen LogP contribution in [-0.2, 0) is 27.3 Å². The standard InChI is InChI=1S/C33H38N8O3S/c1-5-45(43,44)40-13-6-11-33(12-14-40)29-26(38(3)32(33)42)18-34-31-28(29)27(22-9-10-25-23(15-22)16-35-39(25)4)30(37-31)24-17-36-41(19-24)20(2)21-7-8-21/h9-10,15-21H,5-8,11-14H2,1-4H3,(H,34,37)/i3D3. The molecule has 2 aliphatic heterocycles. The number of aromatic nitrogens is 6. The Morgan fingerprint density at radius 2 is 1.98 bits per heavy atom. The van der Waals surface area contributed by atoms with Gasteiger partial charge in [-0.3, -0.25) is 14.2 Å². The van der Waals surface area contributed by atoms with Crippen molar-refractivity contribution in [2.24, 2.45) is 13.0 Å². The third-order valence-corrected chi connectivity index (χ3v) is 12.2. The van der Waals surface area contributed by atoms with Crippen LogP contribution in [0.25, 0.3) is 44.3 Å². The number of amides is 1. The molecule has 1 N–H and O–H groups in total. The molecule has 3 aliphatic rings. The van der Waals surface area contributed by atoms with Crippen molar-refractivity contribution in [2.45, 2.75) is 57.4 Å². The largest absolute Gasteiger partial charge is 0.339 e. The summed E-state index contributed by atoms with van der Waals surface area (Å²) in [4.78, 5) is 23.8. The lowest BCUT2D eigenvalue weighted by Crippen LogP contribution is -2.40. The fraction of sp³-hybridized carbons (Fsp3) is 0.455. The first-order valence-corrected chi connectivity index (χ1v) is 17.3. The van der Waals surface area contributed by atoms with E-state index in [1.165, 1.54) is 23.3 Å². The molecule has 234 valence electrons. The zero-order chi connectivity index (χ0) is 33.7. The topological polar surface area (TPSA) is 122 Å². The van der Waals surface area contributed by atoms with Crippen molar-refractivity contribution >= 4 is 43.6 Å². The molecule has 1 spiro atoms. The molecule has 0 bridgehead atoms. The van der Waals surface area contributed by atoms with E-state index < -0.39 is 28.3 Å². The van der Waals surface area contributed by atoms with E-state index in [0.717, 1.165) is 38.2 Å². The summed E-state index contributed by atoms with van der Waals surface area (Å²) >= 11 is 0. The van der Waals surface area contributed by atoms with Gasteiger partial charge >= 0.3 is 0 Å². The summed E-state index contributed by atoms with van der Waals surface area (Å²) in [5.74, 6) is 0.0147. The fourth-order valence-corrected chi connectivity index (χ4v) is 8.71. The number of nitrogens with one attached hydrogen (secondary N) is 1. The zero-order valence-corrected chi connectivity index (χ0v) is 26.4. The number of fused-ring (bicyclic) bond motifs is 5. The van der Waals surface area contributed by atoms with Gasteiger partial charge in [0, 0.05) is 64.9 Å². The molecular formula is C33H38N8O3S. The molecule has 1 aromatic carbocycles. The molecule has 5 aromatic rings. The normalized spacial score (nSPS) is 23.0. The third-order valence-electron chi connectivity index (χ3n) is 10.3. The van der Waals surface area contributed by atoms with Crippen LogP contribution in [0.3, 0.4) is 0 Å². The van der Waals surface area contributed by atoms with Crippen LogP contribution in [0.2, 0.25) is 0 Å². The number of nitrogens with zero attached hydrogens (tertiary/aromatic N) is 7. The van der Waals surface area contributed by atoms with Gasteiger partial charge in [-0.1, -0.05) is 6.07 Å². The van der Waals surface area contributed by atoms with Gasteiger partial charge in [-0.2, -0.15) is 10.2 Å². The molecule has 1 aliphatic carbocycles. The molecule has 11 nitrogen and oxygen atoms in total. The molecule has 6 heterocycles. The number of anilines is 1. The van der Waals surface area contributed by atoms with Crippen LogP contribution < -0.4 is 4.90 Å². The molecule has 2 atom stereocenters. The number of carbonyl (C=O) groups excluding carboxylic acids is 1. The molecule has 12 heteroatoms. The molecule has 2 fully saturated rings. The Labute approximate surface area is 266 Å². The number of H-pyrrole nitrogens is 1. The fourth-order valence-electron chi connectivity index (χ4n) is 7.57. The van der Waals surface area contributed by atoms with E-state index >= 15 is 0 Å². The zero-order valence-electron chi connectivity index (χ0n) is 28.6. The second kappa shape index (κ2) is 9.98. The summed E-state index contributed by atoms with van der Waals surface area (Å²) in [6.07, 6.45) is 10.4. The lowest BCUT2D eigenvalue weighted by molar-refractivity contribution is -0.123. The number of hydrogen-bond donors (Lipinski definition) is 1. The lowest BCUT2D eigenvalue weighted by atomic mass is 9.74. The van der Waals surface area contributed by atoms with Gasteiger partial charge in [0.2, 0.25) is 15.9 Å². The first-order chi connectivity index (χ1) is 22.8. The Hall–Kier alpha value is -4.03. The Balaban J connectivity index is 1.41. The summed E-state index contributed by atoms with van der Waals surface area (Å²) in [6, 6.07) is 6.33. The Morgan fingerprint density at radius 1 is 1.13 bits per heavy atom. The number of rotatable bonds is 6. The van der Waals surface area contributed by atoms with E-state index in [9.17, 15) is 13.2 Å². The van der Waals surface area contributed by atoms with Gasteiger partial charge in [-0.15, -0.1) is 0 Å². The maximum Gasteiger partial charge on any atom is 0.237 e. The average Bonchev–Trinajstić information content (AvgIpc) is 3.47. The van der Waals surface area contributed by atoms with Gasteiger partial charge in [0.05, 0.1) is 52.7 Å². The van der Waals surface area contributed by atoms with Crippen LogP contribution >= 0.6 is 0 Å². The Bertz CT molecular complexity index is 2220. The smallest absolute Gasteiger partial charge is 0.237 e. The molecule has 0 radical (unpaired) electrons. The van der Waals surface area contributed by atoms with E-state index in [1.54, 1.807) is 17.8 Å². The SMILES string of the molecule is [2H]C([2H])([2H])N1C(=O)C2(CCCN(S(=O)(=O)CC)CC2)c2c1cnc1[nH]c(-c3cnn(C(C)C4CC4)c3)c(-c3ccc4c(cnn4C)c3)c21. The molecule has 1 saturated heterocycles. The molecule has 2 unspecified atom stereocenters. The first-order valence-electron chi connectivity index (χ1n) is 17.2. The van der Waals surface area contributed by atoms with E-state index in [4.69, 9.17) is 14.2 Å². The average molecular weight is 630 g/mol. The Morgan fingerprint density at radius 3 is 2.76 bits per heavy atom. The van der Waals surface area contributed by atoms with Crippen molar-refractivity contribution in [3.8, 4) is 22.4 Å². The second-order valence-corrected chi connectivity index (χ2v) is 15.1. The van der Waals surface area contributed by atoms with Gasteiger partial charge in [-0.25, -0.2) is 17.7 Å². The number of hydrogen-bond acceptors (Lipinski definition) is 6. The number of benzene rings is 1. The van der Waals surface area contributed by atoms with Crippen molar-refractivity contribution in [3.05, 3.63) is 48.5 Å². The van der Waals surface area contributed by atoms with Crippen LogP contribution in [0.5, 0.6) is 0 Å². The number of likely N-dealkylation sites (N-methyl/N-ethyl adjacent to an activating group) is 1. The predicted octanol–water partition coefficient (Wildman–Crippen LogP) is 5.00. The number of pyridine rings is 1. The Kier molecular flexibility index (Phi) is 5.59. The minimum absolute atomic E-state index is 0.0463. The molecular weight excluding hydrogens is 588 g/mol.